The van der Waals surface area contributed by atoms with Gasteiger partial charge in [0.25, 0.3) is 0 Å². The fourth-order valence-corrected chi connectivity index (χ4v) is 2.10. The van der Waals surface area contributed by atoms with Crippen LogP contribution in [-0.2, 0) is 4.79 Å². The Morgan fingerprint density at radius 2 is 2.00 bits per heavy atom. The summed E-state index contributed by atoms with van der Waals surface area (Å²) in [6.07, 6.45) is 1.44. The van der Waals surface area contributed by atoms with Crippen molar-refractivity contribution in [2.75, 3.05) is 18.9 Å². The highest BCUT2D eigenvalue weighted by Gasteiger charge is 2.23. The molecule has 1 saturated heterocycles. The maximum absolute atomic E-state index is 11.4. The Bertz CT molecular complexity index is 412. The fourth-order valence-electron chi connectivity index (χ4n) is 2.10. The average Bonchev–Trinajstić information content (AvgIpc) is 2.22. The van der Waals surface area contributed by atoms with E-state index in [0.29, 0.717) is 12.4 Å². The third-order valence-electron chi connectivity index (χ3n) is 2.94. The van der Waals surface area contributed by atoms with Gasteiger partial charge < -0.3 is 10.2 Å². The molecule has 1 fully saturated rings. The maximum Gasteiger partial charge on any atom is 0.223 e. The Kier molecular flexibility index (Phi) is 3.26. The Morgan fingerprint density at radius 1 is 1.35 bits per heavy atom. The molecule has 1 aliphatic rings. The molecule has 5 nitrogen and oxygen atoms in total. The zero-order valence-electron chi connectivity index (χ0n) is 10.5. The SMILES string of the molecule is Cc1cc(C)nc(N[C@@H]2CCC(=O)N(C)C2)n1. The normalized spacial score (nSPS) is 20.5. The summed E-state index contributed by atoms with van der Waals surface area (Å²) >= 11 is 0. The highest BCUT2D eigenvalue weighted by molar-refractivity contribution is 5.76. The lowest BCUT2D eigenvalue weighted by atomic mass is 10.1. The molecular weight excluding hydrogens is 216 g/mol. The van der Waals surface area contributed by atoms with Gasteiger partial charge in [0.15, 0.2) is 0 Å². The van der Waals surface area contributed by atoms with E-state index >= 15 is 0 Å². The smallest absolute Gasteiger partial charge is 0.223 e. The van der Waals surface area contributed by atoms with Crippen molar-refractivity contribution in [2.24, 2.45) is 0 Å². The summed E-state index contributed by atoms with van der Waals surface area (Å²) in [5, 5.41) is 3.30. The molecule has 1 aromatic heterocycles. The summed E-state index contributed by atoms with van der Waals surface area (Å²) in [6.45, 7) is 4.63. The molecule has 1 atom stereocenters. The van der Waals surface area contributed by atoms with E-state index in [1.54, 1.807) is 4.90 Å². The molecule has 1 aromatic rings. The quantitative estimate of drug-likeness (QED) is 0.833. The minimum absolute atomic E-state index is 0.212. The van der Waals surface area contributed by atoms with Crippen LogP contribution in [0.1, 0.15) is 24.2 Å². The van der Waals surface area contributed by atoms with Gasteiger partial charge in [0.05, 0.1) is 0 Å². The molecule has 0 aromatic carbocycles. The number of hydrogen-bond donors (Lipinski definition) is 1. The molecule has 0 radical (unpaired) electrons. The van der Waals surface area contributed by atoms with Gasteiger partial charge in [-0.3, -0.25) is 4.79 Å². The highest BCUT2D eigenvalue weighted by Crippen LogP contribution is 2.14. The fraction of sp³-hybridized carbons (Fsp3) is 0.583. The van der Waals surface area contributed by atoms with E-state index < -0.39 is 0 Å². The molecule has 0 unspecified atom stereocenters. The summed E-state index contributed by atoms with van der Waals surface area (Å²) in [5.41, 5.74) is 1.92. The van der Waals surface area contributed by atoms with E-state index in [1.165, 1.54) is 0 Å². The van der Waals surface area contributed by atoms with E-state index in [-0.39, 0.29) is 11.9 Å². The molecule has 2 rings (SSSR count). The first-order valence-electron chi connectivity index (χ1n) is 5.87. The van der Waals surface area contributed by atoms with Crippen molar-refractivity contribution < 1.29 is 4.79 Å². The van der Waals surface area contributed by atoms with Crippen LogP contribution in [0.3, 0.4) is 0 Å². The van der Waals surface area contributed by atoms with Crippen molar-refractivity contribution >= 4 is 11.9 Å². The third-order valence-corrected chi connectivity index (χ3v) is 2.94. The van der Waals surface area contributed by atoms with Gasteiger partial charge in [-0.05, 0) is 26.3 Å². The summed E-state index contributed by atoms with van der Waals surface area (Å²) in [4.78, 5) is 21.8. The van der Waals surface area contributed by atoms with E-state index in [9.17, 15) is 4.79 Å². The number of hydrogen-bond acceptors (Lipinski definition) is 4. The summed E-state index contributed by atoms with van der Waals surface area (Å²) < 4.78 is 0. The lowest BCUT2D eigenvalue weighted by Gasteiger charge is -2.30. The van der Waals surface area contributed by atoms with Crippen LogP contribution in [0, 0.1) is 13.8 Å². The van der Waals surface area contributed by atoms with E-state index in [0.717, 1.165) is 24.4 Å². The molecule has 5 heteroatoms. The molecule has 0 bridgehead atoms. The first-order chi connectivity index (χ1) is 8.04. The molecule has 0 saturated carbocycles. The van der Waals surface area contributed by atoms with Gasteiger partial charge >= 0.3 is 0 Å². The molecule has 1 aliphatic heterocycles. The molecule has 17 heavy (non-hydrogen) atoms. The van der Waals surface area contributed by atoms with Crippen molar-refractivity contribution in [1.29, 1.82) is 0 Å². The third kappa shape index (κ3) is 2.93. The van der Waals surface area contributed by atoms with Crippen LogP contribution in [0.15, 0.2) is 6.07 Å². The number of likely N-dealkylation sites (tertiary alicyclic amines) is 1. The van der Waals surface area contributed by atoms with Gasteiger partial charge in [-0.25, -0.2) is 9.97 Å². The van der Waals surface area contributed by atoms with Crippen molar-refractivity contribution in [3.63, 3.8) is 0 Å². The van der Waals surface area contributed by atoms with Gasteiger partial charge in [-0.1, -0.05) is 0 Å². The van der Waals surface area contributed by atoms with E-state index in [4.69, 9.17) is 0 Å². The minimum Gasteiger partial charge on any atom is -0.350 e. The first kappa shape index (κ1) is 11.8. The summed E-state index contributed by atoms with van der Waals surface area (Å²) in [7, 11) is 1.83. The monoisotopic (exact) mass is 234 g/mol. The minimum atomic E-state index is 0.212. The van der Waals surface area contributed by atoms with Crippen LogP contribution in [0.5, 0.6) is 0 Å². The van der Waals surface area contributed by atoms with Crippen molar-refractivity contribution in [3.8, 4) is 0 Å². The van der Waals surface area contributed by atoms with Gasteiger partial charge in [0, 0.05) is 37.4 Å². The second kappa shape index (κ2) is 4.69. The summed E-state index contributed by atoms with van der Waals surface area (Å²) in [5.74, 6) is 0.875. The second-order valence-electron chi connectivity index (χ2n) is 4.63. The average molecular weight is 234 g/mol. The van der Waals surface area contributed by atoms with Crippen molar-refractivity contribution in [3.05, 3.63) is 17.5 Å². The number of nitrogens with zero attached hydrogens (tertiary/aromatic N) is 3. The predicted molar refractivity (Wildman–Crippen MR) is 65.8 cm³/mol. The Morgan fingerprint density at radius 3 is 2.59 bits per heavy atom. The van der Waals surface area contributed by atoms with Crippen molar-refractivity contribution in [2.45, 2.75) is 32.7 Å². The van der Waals surface area contributed by atoms with Crippen LogP contribution in [0.2, 0.25) is 0 Å². The number of aromatic nitrogens is 2. The van der Waals surface area contributed by atoms with Crippen LogP contribution in [0.25, 0.3) is 0 Å². The van der Waals surface area contributed by atoms with Crippen LogP contribution in [-0.4, -0.2) is 40.4 Å². The second-order valence-corrected chi connectivity index (χ2v) is 4.63. The summed E-state index contributed by atoms with van der Waals surface area (Å²) in [6, 6.07) is 2.20. The molecule has 92 valence electrons. The largest absolute Gasteiger partial charge is 0.350 e. The van der Waals surface area contributed by atoms with Crippen LogP contribution in [0.4, 0.5) is 5.95 Å². The Balaban J connectivity index is 2.03. The molecular formula is C12H18N4O. The lowest BCUT2D eigenvalue weighted by Crippen LogP contribution is -2.43. The number of piperidine rings is 1. The van der Waals surface area contributed by atoms with Crippen LogP contribution >= 0.6 is 0 Å². The topological polar surface area (TPSA) is 58.1 Å². The number of anilines is 1. The van der Waals surface area contributed by atoms with Gasteiger partial charge in [-0.2, -0.15) is 0 Å². The molecule has 2 heterocycles. The molecule has 1 N–H and O–H groups in total. The lowest BCUT2D eigenvalue weighted by molar-refractivity contribution is -0.132. The number of carbonyl (C=O) groups is 1. The first-order valence-corrected chi connectivity index (χ1v) is 5.87. The predicted octanol–water partition coefficient (Wildman–Crippen LogP) is 1.13. The molecule has 0 aliphatic carbocycles. The van der Waals surface area contributed by atoms with Gasteiger partial charge in [0.2, 0.25) is 11.9 Å². The molecule has 0 spiro atoms. The highest BCUT2D eigenvalue weighted by atomic mass is 16.2. The van der Waals surface area contributed by atoms with Gasteiger partial charge in [-0.15, -0.1) is 0 Å². The number of amides is 1. The number of likely N-dealkylation sites (N-methyl/N-ethyl adjacent to an activating group) is 1. The Hall–Kier alpha value is -1.65. The number of nitrogens with one attached hydrogen (secondary N) is 1. The standard InChI is InChI=1S/C12H18N4O/c1-8-6-9(2)14-12(13-8)15-10-4-5-11(17)16(3)7-10/h6,10H,4-5,7H2,1-3H3,(H,13,14,15)/t10-/m1/s1. The maximum atomic E-state index is 11.4. The van der Waals surface area contributed by atoms with Gasteiger partial charge in [0.1, 0.15) is 0 Å². The van der Waals surface area contributed by atoms with Crippen molar-refractivity contribution in [1.82, 2.24) is 14.9 Å². The van der Waals surface area contributed by atoms with Crippen LogP contribution < -0.4 is 5.32 Å². The number of aryl methyl sites for hydroxylation is 2. The number of carbonyl (C=O) groups excluding carboxylic acids is 1. The Labute approximate surface area is 101 Å². The number of rotatable bonds is 2. The zero-order valence-corrected chi connectivity index (χ0v) is 10.5. The zero-order chi connectivity index (χ0) is 12.4. The van der Waals surface area contributed by atoms with E-state index in [2.05, 4.69) is 15.3 Å². The van der Waals surface area contributed by atoms with E-state index in [1.807, 2.05) is 27.0 Å². The molecule has 1 amide bonds.